The summed E-state index contributed by atoms with van der Waals surface area (Å²) in [5.41, 5.74) is 1.89. The van der Waals surface area contributed by atoms with Crippen molar-refractivity contribution in [2.24, 2.45) is 5.92 Å². The third-order valence-corrected chi connectivity index (χ3v) is 5.48. The van der Waals surface area contributed by atoms with Gasteiger partial charge in [-0.25, -0.2) is 13.1 Å². The van der Waals surface area contributed by atoms with E-state index in [2.05, 4.69) is 4.72 Å². The van der Waals surface area contributed by atoms with Crippen LogP contribution in [0.4, 0.5) is 0 Å². The number of benzene rings is 1. The standard InChI is InChI=1S/C15H20N2O5S/c1-10-3-4-13(7-11(10)2)23(21,22)16-5-6-17-9-12(15(19)20)8-14(17)18/h3-4,7,12,16H,5-6,8-9H2,1-2H3,(H,19,20). The molecule has 0 radical (unpaired) electrons. The Labute approximate surface area is 135 Å². The van der Waals surface area contributed by atoms with Crippen molar-refractivity contribution in [3.8, 4) is 0 Å². The fourth-order valence-corrected chi connectivity index (χ4v) is 3.54. The molecule has 1 aromatic rings. The van der Waals surface area contributed by atoms with Gasteiger partial charge in [-0.3, -0.25) is 9.59 Å². The van der Waals surface area contributed by atoms with Gasteiger partial charge in [-0.1, -0.05) is 6.07 Å². The molecule has 1 saturated heterocycles. The van der Waals surface area contributed by atoms with Gasteiger partial charge in [0.15, 0.2) is 0 Å². The zero-order valence-electron chi connectivity index (χ0n) is 13.1. The number of hydrogen-bond donors (Lipinski definition) is 2. The molecule has 0 spiro atoms. The molecule has 8 heteroatoms. The summed E-state index contributed by atoms with van der Waals surface area (Å²) in [5, 5.41) is 8.91. The predicted octanol–water partition coefficient (Wildman–Crippen LogP) is 0.515. The highest BCUT2D eigenvalue weighted by atomic mass is 32.2. The first-order valence-corrected chi connectivity index (χ1v) is 8.76. The summed E-state index contributed by atoms with van der Waals surface area (Å²) >= 11 is 0. The lowest BCUT2D eigenvalue weighted by molar-refractivity contribution is -0.141. The number of nitrogens with one attached hydrogen (secondary N) is 1. The first-order chi connectivity index (χ1) is 10.7. The maximum absolute atomic E-state index is 12.2. The SMILES string of the molecule is Cc1ccc(S(=O)(=O)NCCN2CC(C(=O)O)CC2=O)cc1C. The van der Waals surface area contributed by atoms with E-state index in [0.29, 0.717) is 0 Å². The minimum Gasteiger partial charge on any atom is -0.481 e. The number of hydrogen-bond acceptors (Lipinski definition) is 4. The third-order valence-electron chi connectivity index (χ3n) is 4.03. The smallest absolute Gasteiger partial charge is 0.308 e. The van der Waals surface area contributed by atoms with Gasteiger partial charge in [0.2, 0.25) is 15.9 Å². The van der Waals surface area contributed by atoms with Crippen molar-refractivity contribution in [1.29, 1.82) is 0 Å². The molecule has 1 fully saturated rings. The fraction of sp³-hybridized carbons (Fsp3) is 0.467. The zero-order chi connectivity index (χ0) is 17.2. The topological polar surface area (TPSA) is 104 Å². The van der Waals surface area contributed by atoms with Crippen LogP contribution in [0, 0.1) is 19.8 Å². The van der Waals surface area contributed by atoms with Crippen LogP contribution in [0.3, 0.4) is 0 Å². The Morgan fingerprint density at radius 2 is 2.04 bits per heavy atom. The van der Waals surface area contributed by atoms with E-state index in [0.717, 1.165) is 11.1 Å². The molecule has 1 amide bonds. The molecule has 0 saturated carbocycles. The van der Waals surface area contributed by atoms with E-state index in [9.17, 15) is 18.0 Å². The first kappa shape index (κ1) is 17.4. The molecule has 23 heavy (non-hydrogen) atoms. The van der Waals surface area contributed by atoms with Crippen LogP contribution in [0.2, 0.25) is 0 Å². The maximum atomic E-state index is 12.2. The van der Waals surface area contributed by atoms with Crippen molar-refractivity contribution in [2.75, 3.05) is 19.6 Å². The molecule has 2 rings (SSSR count). The average molecular weight is 340 g/mol. The number of carboxylic acid groups (broad SMARTS) is 1. The molecular formula is C15H20N2O5S. The van der Waals surface area contributed by atoms with Crippen LogP contribution in [0.25, 0.3) is 0 Å². The van der Waals surface area contributed by atoms with Crippen LogP contribution >= 0.6 is 0 Å². The highest BCUT2D eigenvalue weighted by Gasteiger charge is 2.33. The van der Waals surface area contributed by atoms with Gasteiger partial charge in [-0.15, -0.1) is 0 Å². The Bertz CT molecular complexity index is 729. The second-order valence-electron chi connectivity index (χ2n) is 5.72. The Morgan fingerprint density at radius 1 is 1.35 bits per heavy atom. The summed E-state index contributed by atoms with van der Waals surface area (Å²) < 4.78 is 26.9. The first-order valence-electron chi connectivity index (χ1n) is 7.28. The number of nitrogens with zero attached hydrogens (tertiary/aromatic N) is 1. The van der Waals surface area contributed by atoms with Crippen LogP contribution in [-0.4, -0.2) is 49.9 Å². The van der Waals surface area contributed by atoms with Crippen molar-refractivity contribution in [1.82, 2.24) is 9.62 Å². The molecule has 0 bridgehead atoms. The van der Waals surface area contributed by atoms with E-state index in [4.69, 9.17) is 5.11 Å². The monoisotopic (exact) mass is 340 g/mol. The number of carboxylic acids is 1. The molecule has 1 aliphatic heterocycles. The van der Waals surface area contributed by atoms with E-state index in [1.54, 1.807) is 12.1 Å². The van der Waals surface area contributed by atoms with Crippen molar-refractivity contribution >= 4 is 21.9 Å². The summed E-state index contributed by atoms with van der Waals surface area (Å²) in [6.07, 6.45) is -0.0285. The number of carbonyl (C=O) groups excluding carboxylic acids is 1. The van der Waals surface area contributed by atoms with Crippen molar-refractivity contribution in [3.05, 3.63) is 29.3 Å². The molecule has 0 aromatic heterocycles. The summed E-state index contributed by atoms with van der Waals surface area (Å²) in [4.78, 5) is 24.1. The Hall–Kier alpha value is -1.93. The highest BCUT2D eigenvalue weighted by Crippen LogP contribution is 2.18. The van der Waals surface area contributed by atoms with Crippen molar-refractivity contribution in [3.63, 3.8) is 0 Å². The summed E-state index contributed by atoms with van der Waals surface area (Å²) in [7, 11) is -3.64. The fourth-order valence-electron chi connectivity index (χ4n) is 2.43. The Kier molecular flexibility index (Phi) is 5.06. The molecule has 1 atom stereocenters. The quantitative estimate of drug-likeness (QED) is 0.785. The van der Waals surface area contributed by atoms with E-state index in [1.807, 2.05) is 13.8 Å². The second kappa shape index (κ2) is 6.67. The number of rotatable bonds is 6. The van der Waals surface area contributed by atoms with Gasteiger partial charge < -0.3 is 10.0 Å². The van der Waals surface area contributed by atoms with Gasteiger partial charge in [-0.2, -0.15) is 0 Å². The number of sulfonamides is 1. The van der Waals surface area contributed by atoms with Crippen molar-refractivity contribution < 1.29 is 23.1 Å². The van der Waals surface area contributed by atoms with Crippen LogP contribution in [0.1, 0.15) is 17.5 Å². The molecule has 126 valence electrons. The van der Waals surface area contributed by atoms with Crippen molar-refractivity contribution in [2.45, 2.75) is 25.2 Å². The van der Waals surface area contributed by atoms with E-state index in [1.165, 1.54) is 11.0 Å². The average Bonchev–Trinajstić information content (AvgIpc) is 2.83. The molecule has 1 heterocycles. The Morgan fingerprint density at radius 3 is 2.61 bits per heavy atom. The van der Waals surface area contributed by atoms with Crippen LogP contribution in [0.15, 0.2) is 23.1 Å². The minimum absolute atomic E-state index is 0.0285. The van der Waals surface area contributed by atoms with Gasteiger partial charge in [0, 0.05) is 26.1 Å². The normalized spacial score (nSPS) is 18.4. The highest BCUT2D eigenvalue weighted by molar-refractivity contribution is 7.89. The molecule has 7 nitrogen and oxygen atoms in total. The number of aliphatic carboxylic acids is 1. The predicted molar refractivity (Wildman–Crippen MR) is 83.4 cm³/mol. The summed E-state index contributed by atoms with van der Waals surface area (Å²) in [6.45, 7) is 4.07. The number of aryl methyl sites for hydroxylation is 2. The summed E-state index contributed by atoms with van der Waals surface area (Å²) in [6, 6.07) is 4.87. The maximum Gasteiger partial charge on any atom is 0.308 e. The van der Waals surface area contributed by atoms with Crippen LogP contribution in [-0.2, 0) is 19.6 Å². The molecule has 2 N–H and O–H groups in total. The van der Waals surface area contributed by atoms with Crippen LogP contribution in [0.5, 0.6) is 0 Å². The lowest BCUT2D eigenvalue weighted by atomic mass is 10.1. The second-order valence-corrected chi connectivity index (χ2v) is 7.49. The lowest BCUT2D eigenvalue weighted by Crippen LogP contribution is -2.36. The minimum atomic E-state index is -3.64. The van der Waals surface area contributed by atoms with Gasteiger partial charge in [0.05, 0.1) is 10.8 Å². The van der Waals surface area contributed by atoms with E-state index >= 15 is 0 Å². The zero-order valence-corrected chi connectivity index (χ0v) is 13.9. The largest absolute Gasteiger partial charge is 0.481 e. The van der Waals surface area contributed by atoms with Gasteiger partial charge >= 0.3 is 5.97 Å². The lowest BCUT2D eigenvalue weighted by Gasteiger charge is -2.16. The third kappa shape index (κ3) is 4.08. The molecular weight excluding hydrogens is 320 g/mol. The number of carbonyl (C=O) groups is 2. The molecule has 1 aliphatic rings. The van der Waals surface area contributed by atoms with Gasteiger partial charge in [-0.05, 0) is 37.1 Å². The van der Waals surface area contributed by atoms with Crippen LogP contribution < -0.4 is 4.72 Å². The van der Waals surface area contributed by atoms with E-state index < -0.39 is 21.9 Å². The van der Waals surface area contributed by atoms with Gasteiger partial charge in [0.1, 0.15) is 0 Å². The number of amides is 1. The molecule has 1 unspecified atom stereocenters. The molecule has 1 aromatic carbocycles. The molecule has 0 aliphatic carbocycles. The summed E-state index contributed by atoms with van der Waals surface area (Å²) in [5.74, 6) is -1.97. The van der Waals surface area contributed by atoms with Gasteiger partial charge in [0.25, 0.3) is 0 Å². The van der Waals surface area contributed by atoms with E-state index in [-0.39, 0.29) is 36.9 Å². The number of likely N-dealkylation sites (tertiary alicyclic amines) is 1. The Balaban J connectivity index is 1.94.